The van der Waals surface area contributed by atoms with Crippen LogP contribution >= 0.6 is 0 Å². The molecule has 3 aromatic rings. The normalized spacial score (nSPS) is 17.5. The minimum Gasteiger partial charge on any atom is -0.486 e. The van der Waals surface area contributed by atoms with Gasteiger partial charge < -0.3 is 14.4 Å². The Morgan fingerprint density at radius 1 is 1.00 bits per heavy atom. The van der Waals surface area contributed by atoms with Gasteiger partial charge in [0.15, 0.2) is 11.5 Å². The summed E-state index contributed by atoms with van der Waals surface area (Å²) in [5.74, 6) is 1.20. The third kappa shape index (κ3) is 3.91. The monoisotopic (exact) mass is 417 g/mol. The van der Waals surface area contributed by atoms with E-state index in [9.17, 15) is 9.59 Å². The van der Waals surface area contributed by atoms with Crippen LogP contribution in [0, 0.1) is 0 Å². The molecule has 2 aliphatic heterocycles. The molecule has 7 nitrogen and oxygen atoms in total. The van der Waals surface area contributed by atoms with Crippen molar-refractivity contribution in [3.63, 3.8) is 0 Å². The maximum atomic E-state index is 13.2. The molecule has 2 aliphatic rings. The lowest BCUT2D eigenvalue weighted by Crippen LogP contribution is -2.40. The molecule has 158 valence electrons. The van der Waals surface area contributed by atoms with Gasteiger partial charge in [-0.15, -0.1) is 0 Å². The highest BCUT2D eigenvalue weighted by Crippen LogP contribution is 2.32. The fraction of sp³-hybridized carbons (Fsp3) is 0.292. The molecule has 1 saturated heterocycles. The second-order valence-corrected chi connectivity index (χ2v) is 7.76. The zero-order valence-corrected chi connectivity index (χ0v) is 17.1. The summed E-state index contributed by atoms with van der Waals surface area (Å²) in [6, 6.07) is 18.2. The third-order valence-electron chi connectivity index (χ3n) is 5.75. The van der Waals surface area contributed by atoms with Gasteiger partial charge in [0.2, 0.25) is 0 Å². The summed E-state index contributed by atoms with van der Waals surface area (Å²) in [7, 11) is 0. The largest absolute Gasteiger partial charge is 0.486 e. The second kappa shape index (κ2) is 8.26. The fourth-order valence-corrected chi connectivity index (χ4v) is 4.18. The summed E-state index contributed by atoms with van der Waals surface area (Å²) in [5.41, 5.74) is 2.09. The lowest BCUT2D eigenvalue weighted by molar-refractivity contribution is 0.0719. The van der Waals surface area contributed by atoms with E-state index >= 15 is 0 Å². The van der Waals surface area contributed by atoms with Gasteiger partial charge in [-0.05, 0) is 37.1 Å². The smallest absolute Gasteiger partial charge is 0.266 e. The van der Waals surface area contributed by atoms with E-state index in [0.717, 1.165) is 24.1 Å². The van der Waals surface area contributed by atoms with E-state index in [2.05, 4.69) is 5.10 Å². The fourth-order valence-electron chi connectivity index (χ4n) is 4.18. The second-order valence-electron chi connectivity index (χ2n) is 7.76. The predicted octanol–water partition coefficient (Wildman–Crippen LogP) is 2.99. The van der Waals surface area contributed by atoms with Crippen LogP contribution in [-0.2, 0) is 6.54 Å². The van der Waals surface area contributed by atoms with Crippen LogP contribution in [0.2, 0.25) is 0 Å². The summed E-state index contributed by atoms with van der Waals surface area (Å²) in [5, 5.41) is 4.56. The molecule has 31 heavy (non-hydrogen) atoms. The van der Waals surface area contributed by atoms with Gasteiger partial charge in [-0.1, -0.05) is 30.3 Å². The van der Waals surface area contributed by atoms with E-state index in [1.807, 2.05) is 35.2 Å². The number of ether oxygens (including phenoxy) is 2. The van der Waals surface area contributed by atoms with E-state index in [1.54, 1.807) is 24.3 Å². The van der Waals surface area contributed by atoms with Crippen molar-refractivity contribution < 1.29 is 14.3 Å². The van der Waals surface area contributed by atoms with Crippen molar-refractivity contribution in [3.8, 4) is 22.8 Å². The predicted molar refractivity (Wildman–Crippen MR) is 115 cm³/mol. The number of rotatable bonds is 4. The molecule has 0 bridgehead atoms. The molecule has 0 saturated carbocycles. The Morgan fingerprint density at radius 2 is 1.81 bits per heavy atom. The Morgan fingerprint density at radius 3 is 2.65 bits per heavy atom. The number of hydrogen-bond donors (Lipinski definition) is 0. The summed E-state index contributed by atoms with van der Waals surface area (Å²) >= 11 is 0. The Kier molecular flexibility index (Phi) is 5.16. The molecule has 1 atom stereocenters. The number of likely N-dealkylation sites (tertiary alicyclic amines) is 1. The van der Waals surface area contributed by atoms with Crippen LogP contribution in [0.4, 0.5) is 0 Å². The van der Waals surface area contributed by atoms with E-state index in [4.69, 9.17) is 9.47 Å². The molecule has 0 spiro atoms. The minimum atomic E-state index is -0.168. The quantitative estimate of drug-likeness (QED) is 0.653. The highest BCUT2D eigenvalue weighted by molar-refractivity contribution is 5.95. The molecule has 0 radical (unpaired) electrons. The Hall–Kier alpha value is -3.61. The summed E-state index contributed by atoms with van der Waals surface area (Å²) in [6.45, 7) is 2.02. The van der Waals surface area contributed by atoms with Gasteiger partial charge in [0, 0.05) is 23.7 Å². The van der Waals surface area contributed by atoms with Crippen LogP contribution in [0.15, 0.2) is 65.5 Å². The van der Waals surface area contributed by atoms with Crippen molar-refractivity contribution >= 4 is 5.91 Å². The topological polar surface area (TPSA) is 73.7 Å². The highest BCUT2D eigenvalue weighted by Gasteiger charge is 2.31. The van der Waals surface area contributed by atoms with Crippen LogP contribution in [0.1, 0.15) is 23.2 Å². The lowest BCUT2D eigenvalue weighted by Gasteiger charge is -2.26. The van der Waals surface area contributed by atoms with Gasteiger partial charge in [0.05, 0.1) is 18.3 Å². The van der Waals surface area contributed by atoms with Crippen molar-refractivity contribution in [1.82, 2.24) is 14.7 Å². The van der Waals surface area contributed by atoms with E-state index in [0.29, 0.717) is 43.4 Å². The van der Waals surface area contributed by atoms with Crippen LogP contribution < -0.4 is 15.0 Å². The van der Waals surface area contributed by atoms with Gasteiger partial charge in [-0.3, -0.25) is 9.59 Å². The number of carbonyl (C=O) groups is 1. The Labute approximate surface area is 179 Å². The number of hydrogen-bond acceptors (Lipinski definition) is 5. The molecule has 2 aromatic carbocycles. The van der Waals surface area contributed by atoms with Crippen LogP contribution in [0.3, 0.4) is 0 Å². The number of fused-ring (bicyclic) bond motifs is 1. The zero-order valence-electron chi connectivity index (χ0n) is 17.1. The molecular weight excluding hydrogens is 394 g/mol. The van der Waals surface area contributed by atoms with Crippen LogP contribution in [0.25, 0.3) is 11.3 Å². The van der Waals surface area contributed by atoms with Crippen LogP contribution in [0.5, 0.6) is 11.5 Å². The first kappa shape index (κ1) is 19.4. The Bertz CT molecular complexity index is 1160. The van der Waals surface area contributed by atoms with E-state index in [1.165, 1.54) is 10.7 Å². The minimum absolute atomic E-state index is 0.0632. The van der Waals surface area contributed by atoms with Crippen molar-refractivity contribution in [3.05, 3.63) is 76.6 Å². The molecular formula is C24H23N3O4. The molecule has 3 heterocycles. The SMILES string of the molecule is O=C(c1ccc2c(c1)OCCO2)N1CCC[C@H]1Cn1nc(-c2ccccc2)ccc1=O. The van der Waals surface area contributed by atoms with Crippen molar-refractivity contribution in [2.75, 3.05) is 19.8 Å². The average Bonchev–Trinajstić information content (AvgIpc) is 3.28. The Balaban J connectivity index is 1.38. The van der Waals surface area contributed by atoms with Crippen LogP contribution in [-0.4, -0.2) is 46.4 Å². The molecule has 7 heteroatoms. The molecule has 0 aliphatic carbocycles. The average molecular weight is 417 g/mol. The highest BCUT2D eigenvalue weighted by atomic mass is 16.6. The molecule has 1 amide bonds. The summed E-state index contributed by atoms with van der Waals surface area (Å²) < 4.78 is 12.6. The lowest BCUT2D eigenvalue weighted by atomic mass is 10.1. The van der Waals surface area contributed by atoms with Gasteiger partial charge in [0.25, 0.3) is 11.5 Å². The first-order chi connectivity index (χ1) is 15.2. The van der Waals surface area contributed by atoms with Crippen molar-refractivity contribution in [1.29, 1.82) is 0 Å². The molecule has 1 fully saturated rings. The molecule has 0 unspecified atom stereocenters. The molecule has 5 rings (SSSR count). The third-order valence-corrected chi connectivity index (χ3v) is 5.75. The first-order valence-corrected chi connectivity index (χ1v) is 10.5. The van der Waals surface area contributed by atoms with Gasteiger partial charge in [-0.25, -0.2) is 4.68 Å². The molecule has 1 aromatic heterocycles. The maximum Gasteiger partial charge on any atom is 0.266 e. The maximum absolute atomic E-state index is 13.2. The first-order valence-electron chi connectivity index (χ1n) is 10.5. The molecule has 0 N–H and O–H groups in total. The standard InChI is InChI=1S/C24H23N3O4/c28-23-11-9-20(17-5-2-1-3-6-17)25-27(23)16-19-7-4-12-26(19)24(29)18-8-10-21-22(15-18)31-14-13-30-21/h1-3,5-6,8-11,15,19H,4,7,12-14,16H2/t19-/m0/s1. The van der Waals surface area contributed by atoms with Crippen molar-refractivity contribution in [2.45, 2.75) is 25.4 Å². The number of carbonyl (C=O) groups excluding carboxylic acids is 1. The zero-order chi connectivity index (χ0) is 21.2. The summed E-state index contributed by atoms with van der Waals surface area (Å²) in [4.78, 5) is 27.5. The van der Waals surface area contributed by atoms with Gasteiger partial charge >= 0.3 is 0 Å². The van der Waals surface area contributed by atoms with Gasteiger partial charge in [-0.2, -0.15) is 5.10 Å². The number of aromatic nitrogens is 2. The summed E-state index contributed by atoms with van der Waals surface area (Å²) in [6.07, 6.45) is 1.73. The van der Waals surface area contributed by atoms with E-state index < -0.39 is 0 Å². The number of nitrogens with zero attached hydrogens (tertiary/aromatic N) is 3. The van der Waals surface area contributed by atoms with E-state index in [-0.39, 0.29) is 17.5 Å². The van der Waals surface area contributed by atoms with Crippen molar-refractivity contribution in [2.24, 2.45) is 0 Å². The number of amides is 1. The van der Waals surface area contributed by atoms with Gasteiger partial charge in [0.1, 0.15) is 13.2 Å². The number of benzene rings is 2.